The van der Waals surface area contributed by atoms with Crippen molar-refractivity contribution in [3.63, 3.8) is 0 Å². The molecular formula is C29H31FN4O6. The number of esters is 1. The fraction of sp³-hybridized carbons (Fsp3) is 0.379. The zero-order valence-electron chi connectivity index (χ0n) is 22.4. The van der Waals surface area contributed by atoms with E-state index < -0.39 is 36.1 Å². The number of hydrogen-bond acceptors (Lipinski definition) is 8. The standard InChI is InChI=1S/C29H31FN4O6/c1-15(2)25-26(36)32-21(28-33-22(14-39-28)29(37)38-3)13-20-19-12-16(5-11-24(35)34-25)4-10-23(19)40-27(20)31-18-8-6-17(30)7-9-18/h4,6-10,12-13,15,20,22,25,27,31H,5,11,14H2,1-3H3,(H,32,36)(H,34,35)/b21-13+/t20-,22?,25?,27-/m1/s1. The minimum absolute atomic E-state index is 0.0429. The number of hydrogen-bond donors (Lipinski definition) is 3. The molecule has 0 fully saturated rings. The molecule has 5 rings (SSSR count). The summed E-state index contributed by atoms with van der Waals surface area (Å²) >= 11 is 0. The first-order chi connectivity index (χ1) is 19.2. The van der Waals surface area contributed by atoms with Crippen LogP contribution in [0.25, 0.3) is 0 Å². The molecule has 0 saturated carbocycles. The van der Waals surface area contributed by atoms with Crippen LogP contribution in [-0.2, 0) is 30.3 Å². The fourth-order valence-corrected chi connectivity index (χ4v) is 4.87. The minimum Gasteiger partial charge on any atom is -0.473 e. The molecule has 2 unspecified atom stereocenters. The Morgan fingerprint density at radius 2 is 1.93 bits per heavy atom. The minimum atomic E-state index is -0.880. The highest BCUT2D eigenvalue weighted by Gasteiger charge is 2.37. The normalized spacial score (nSPS) is 25.5. The number of aryl methyl sites for hydroxylation is 1. The second-order valence-corrected chi connectivity index (χ2v) is 10.2. The van der Waals surface area contributed by atoms with Crippen LogP contribution in [0.4, 0.5) is 10.1 Å². The number of amides is 2. The number of carbonyl (C=O) groups excluding carboxylic acids is 3. The van der Waals surface area contributed by atoms with Gasteiger partial charge in [-0.15, -0.1) is 0 Å². The molecule has 2 amide bonds. The van der Waals surface area contributed by atoms with Crippen LogP contribution in [0.3, 0.4) is 0 Å². The summed E-state index contributed by atoms with van der Waals surface area (Å²) in [7, 11) is 1.27. The van der Waals surface area contributed by atoms with Crippen LogP contribution in [-0.4, -0.2) is 55.7 Å². The molecule has 3 N–H and O–H groups in total. The smallest absolute Gasteiger partial charge is 0.334 e. The van der Waals surface area contributed by atoms with Crippen molar-refractivity contribution < 1.29 is 33.0 Å². The number of anilines is 1. The lowest BCUT2D eigenvalue weighted by Crippen LogP contribution is -2.50. The predicted octanol–water partition coefficient (Wildman–Crippen LogP) is 2.80. The van der Waals surface area contributed by atoms with Gasteiger partial charge in [0, 0.05) is 17.7 Å². The summed E-state index contributed by atoms with van der Waals surface area (Å²) in [5.41, 5.74) is 2.62. The summed E-state index contributed by atoms with van der Waals surface area (Å²) in [5, 5.41) is 9.02. The summed E-state index contributed by atoms with van der Waals surface area (Å²) in [6, 6.07) is 9.93. The SMILES string of the molecule is COC(=O)C1COC(/C2=C\[C@@H]3c4cc(ccc4O[C@H]3Nc3ccc(F)cc3)CCC(=O)NC(C(C)C)C(=O)N2)=N1. The van der Waals surface area contributed by atoms with E-state index in [-0.39, 0.29) is 42.3 Å². The quantitative estimate of drug-likeness (QED) is 0.489. The monoisotopic (exact) mass is 550 g/mol. The van der Waals surface area contributed by atoms with E-state index in [2.05, 4.69) is 20.9 Å². The zero-order valence-corrected chi connectivity index (χ0v) is 22.4. The molecule has 3 heterocycles. The third-order valence-corrected chi connectivity index (χ3v) is 7.03. The Morgan fingerprint density at radius 3 is 2.65 bits per heavy atom. The number of methoxy groups -OCH3 is 1. The van der Waals surface area contributed by atoms with Gasteiger partial charge in [-0.05, 0) is 54.3 Å². The van der Waals surface area contributed by atoms with Crippen LogP contribution in [0, 0.1) is 11.7 Å². The second-order valence-electron chi connectivity index (χ2n) is 10.2. The molecule has 0 spiro atoms. The maximum Gasteiger partial charge on any atom is 0.334 e. The highest BCUT2D eigenvalue weighted by atomic mass is 19.1. The summed E-state index contributed by atoms with van der Waals surface area (Å²) in [6.45, 7) is 3.64. The molecule has 3 aliphatic rings. The third-order valence-electron chi connectivity index (χ3n) is 7.03. The van der Waals surface area contributed by atoms with Gasteiger partial charge in [-0.1, -0.05) is 26.0 Å². The van der Waals surface area contributed by atoms with Crippen LogP contribution in [0.2, 0.25) is 0 Å². The molecule has 0 aromatic heterocycles. The third kappa shape index (κ3) is 5.78. The molecule has 4 atom stereocenters. The summed E-state index contributed by atoms with van der Waals surface area (Å²) in [4.78, 5) is 42.8. The van der Waals surface area contributed by atoms with Crippen LogP contribution in [0.15, 0.2) is 59.2 Å². The van der Waals surface area contributed by atoms with E-state index >= 15 is 0 Å². The van der Waals surface area contributed by atoms with E-state index in [4.69, 9.17) is 14.2 Å². The number of nitrogens with one attached hydrogen (secondary N) is 3. The van der Waals surface area contributed by atoms with Crippen molar-refractivity contribution in [1.82, 2.24) is 10.6 Å². The number of rotatable bonds is 5. The molecule has 2 aromatic rings. The average Bonchev–Trinajstić information content (AvgIpc) is 3.55. The topological polar surface area (TPSA) is 127 Å². The number of fused-ring (bicyclic) bond motifs is 1. The first-order valence-electron chi connectivity index (χ1n) is 13.1. The molecule has 0 saturated heterocycles. The van der Waals surface area contributed by atoms with E-state index in [0.717, 1.165) is 11.1 Å². The van der Waals surface area contributed by atoms with E-state index in [1.807, 2.05) is 32.0 Å². The van der Waals surface area contributed by atoms with Crippen LogP contribution < -0.4 is 20.7 Å². The summed E-state index contributed by atoms with van der Waals surface area (Å²) in [6.07, 6.45) is 1.81. The largest absolute Gasteiger partial charge is 0.473 e. The van der Waals surface area contributed by atoms with Crippen molar-refractivity contribution >= 4 is 29.4 Å². The Hall–Kier alpha value is -4.41. The van der Waals surface area contributed by atoms with E-state index in [1.165, 1.54) is 19.2 Å². The lowest BCUT2D eigenvalue weighted by Gasteiger charge is -2.23. The Labute approximate surface area is 231 Å². The number of aliphatic imine (C=N–C) groups is 1. The lowest BCUT2D eigenvalue weighted by molar-refractivity contribution is -0.142. The molecule has 10 nitrogen and oxygen atoms in total. The number of carbonyl (C=O) groups is 3. The van der Waals surface area contributed by atoms with Gasteiger partial charge in [0.1, 0.15) is 29.9 Å². The van der Waals surface area contributed by atoms with Crippen molar-refractivity contribution in [1.29, 1.82) is 0 Å². The number of halogens is 1. The Bertz CT molecular complexity index is 1370. The average molecular weight is 551 g/mol. The van der Waals surface area contributed by atoms with Crippen molar-refractivity contribution in [3.05, 3.63) is 71.2 Å². The van der Waals surface area contributed by atoms with Gasteiger partial charge >= 0.3 is 5.97 Å². The summed E-state index contributed by atoms with van der Waals surface area (Å²) < 4.78 is 30.4. The van der Waals surface area contributed by atoms with Gasteiger partial charge in [0.25, 0.3) is 0 Å². The Kier molecular flexibility index (Phi) is 7.72. The first-order valence-corrected chi connectivity index (χ1v) is 13.1. The van der Waals surface area contributed by atoms with Crippen molar-refractivity contribution in [2.75, 3.05) is 19.0 Å². The molecular weight excluding hydrogens is 519 g/mol. The van der Waals surface area contributed by atoms with Crippen LogP contribution in [0.1, 0.15) is 37.3 Å². The molecule has 2 bridgehead atoms. The predicted molar refractivity (Wildman–Crippen MR) is 144 cm³/mol. The molecule has 210 valence electrons. The Balaban J connectivity index is 1.60. The maximum absolute atomic E-state index is 13.5. The molecule has 0 aliphatic carbocycles. The van der Waals surface area contributed by atoms with Gasteiger partial charge in [0.2, 0.25) is 17.7 Å². The highest BCUT2D eigenvalue weighted by molar-refractivity contribution is 6.01. The number of benzene rings is 2. The van der Waals surface area contributed by atoms with Crippen LogP contribution in [0.5, 0.6) is 5.75 Å². The van der Waals surface area contributed by atoms with E-state index in [9.17, 15) is 18.8 Å². The van der Waals surface area contributed by atoms with Crippen molar-refractivity contribution in [2.45, 2.75) is 50.9 Å². The molecule has 3 aliphatic heterocycles. The van der Waals surface area contributed by atoms with Gasteiger partial charge in [-0.25, -0.2) is 14.2 Å². The van der Waals surface area contributed by atoms with E-state index in [0.29, 0.717) is 17.9 Å². The molecule has 11 heteroatoms. The van der Waals surface area contributed by atoms with Gasteiger partial charge in [-0.2, -0.15) is 0 Å². The fourth-order valence-electron chi connectivity index (χ4n) is 4.87. The first kappa shape index (κ1) is 27.2. The molecule has 40 heavy (non-hydrogen) atoms. The zero-order chi connectivity index (χ0) is 28.4. The number of ether oxygens (including phenoxy) is 3. The maximum atomic E-state index is 13.5. The molecule has 2 aromatic carbocycles. The van der Waals surface area contributed by atoms with Gasteiger partial charge in [0.15, 0.2) is 12.3 Å². The number of nitrogens with zero attached hydrogens (tertiary/aromatic N) is 1. The highest BCUT2D eigenvalue weighted by Crippen LogP contribution is 2.41. The second kappa shape index (κ2) is 11.4. The van der Waals surface area contributed by atoms with Crippen molar-refractivity contribution in [2.24, 2.45) is 10.9 Å². The van der Waals surface area contributed by atoms with Gasteiger partial charge in [0.05, 0.1) is 13.0 Å². The lowest BCUT2D eigenvalue weighted by atomic mass is 9.94. The van der Waals surface area contributed by atoms with Gasteiger partial charge < -0.3 is 30.2 Å². The Morgan fingerprint density at radius 1 is 1.15 bits per heavy atom. The van der Waals surface area contributed by atoms with Crippen LogP contribution >= 0.6 is 0 Å². The van der Waals surface area contributed by atoms with E-state index in [1.54, 1.807) is 18.2 Å². The van der Waals surface area contributed by atoms with Crippen molar-refractivity contribution in [3.8, 4) is 5.75 Å². The molecule has 0 radical (unpaired) electrons. The summed E-state index contributed by atoms with van der Waals surface area (Å²) in [5.74, 6) is -1.60. The van der Waals surface area contributed by atoms with Gasteiger partial charge in [-0.3, -0.25) is 9.59 Å².